The molecule has 0 amide bonds. The molecular weight excluding hydrogens is 295 g/mol. The minimum absolute atomic E-state index is 0. The van der Waals surface area contributed by atoms with Gasteiger partial charge in [-0.05, 0) is 19.9 Å². The highest BCUT2D eigenvalue weighted by atomic mass is 35.5. The van der Waals surface area contributed by atoms with Crippen molar-refractivity contribution >= 4 is 12.4 Å². The van der Waals surface area contributed by atoms with E-state index >= 15 is 0 Å². The van der Waals surface area contributed by atoms with Gasteiger partial charge in [0.25, 0.3) is 0 Å². The molecule has 0 bridgehead atoms. The molecule has 0 unspecified atom stereocenters. The first-order chi connectivity index (χ1) is 9.60. The van der Waals surface area contributed by atoms with Crippen LogP contribution >= 0.6 is 12.4 Å². The molecule has 2 rings (SSSR count). The highest BCUT2D eigenvalue weighted by Crippen LogP contribution is 2.14. The molecule has 0 fully saturated rings. The van der Waals surface area contributed by atoms with Crippen molar-refractivity contribution in [3.8, 4) is 0 Å². The highest BCUT2D eigenvalue weighted by Gasteiger charge is 2.16. The lowest BCUT2D eigenvalue weighted by Crippen LogP contribution is -2.30. The molecule has 0 aliphatic heterocycles. The predicted octanol–water partition coefficient (Wildman–Crippen LogP) is 2.50. The summed E-state index contributed by atoms with van der Waals surface area (Å²) in [4.78, 5) is 6.25. The number of hydrogen-bond acceptors (Lipinski definition) is 5. The van der Waals surface area contributed by atoms with Crippen molar-refractivity contribution in [1.29, 1.82) is 0 Å². The Balaban J connectivity index is 0.00000220. The SMILES string of the molecule is CC(C)N(Cc1noc(CN)n1)Cc1ccccc1F.Cl. The van der Waals surface area contributed by atoms with Crippen LogP contribution in [0.2, 0.25) is 0 Å². The van der Waals surface area contributed by atoms with Gasteiger partial charge in [-0.2, -0.15) is 4.98 Å². The number of hydrogen-bond donors (Lipinski definition) is 1. The molecule has 0 atom stereocenters. The second kappa shape index (κ2) is 8.07. The molecule has 2 N–H and O–H groups in total. The van der Waals surface area contributed by atoms with Gasteiger partial charge in [0.15, 0.2) is 5.82 Å². The molecule has 2 aromatic rings. The molecule has 21 heavy (non-hydrogen) atoms. The van der Waals surface area contributed by atoms with Gasteiger partial charge in [-0.25, -0.2) is 4.39 Å². The van der Waals surface area contributed by atoms with Gasteiger partial charge >= 0.3 is 0 Å². The normalized spacial score (nSPS) is 11.0. The quantitative estimate of drug-likeness (QED) is 0.887. The maximum atomic E-state index is 13.7. The first kappa shape index (κ1) is 17.6. The monoisotopic (exact) mass is 314 g/mol. The average molecular weight is 315 g/mol. The summed E-state index contributed by atoms with van der Waals surface area (Å²) in [6.07, 6.45) is 0. The Hall–Kier alpha value is -1.50. The third-order valence-corrected chi connectivity index (χ3v) is 3.09. The predicted molar refractivity (Wildman–Crippen MR) is 80.2 cm³/mol. The van der Waals surface area contributed by atoms with Crippen LogP contribution in [-0.4, -0.2) is 21.1 Å². The molecule has 1 aromatic carbocycles. The van der Waals surface area contributed by atoms with E-state index in [0.29, 0.717) is 30.4 Å². The zero-order chi connectivity index (χ0) is 14.5. The largest absolute Gasteiger partial charge is 0.338 e. The van der Waals surface area contributed by atoms with Crippen LogP contribution in [0.15, 0.2) is 28.8 Å². The standard InChI is InChI=1S/C14H19FN4O.ClH/c1-10(2)19(8-11-5-3-4-6-12(11)15)9-13-17-14(7-16)20-18-13;/h3-6,10H,7-9,16H2,1-2H3;1H. The van der Waals surface area contributed by atoms with Crippen LogP contribution < -0.4 is 5.73 Å². The molecule has 0 spiro atoms. The van der Waals surface area contributed by atoms with Crippen molar-refractivity contribution in [3.05, 3.63) is 47.4 Å². The first-order valence-electron chi connectivity index (χ1n) is 6.59. The molecule has 0 radical (unpaired) electrons. The lowest BCUT2D eigenvalue weighted by Gasteiger charge is -2.25. The maximum Gasteiger partial charge on any atom is 0.240 e. The van der Waals surface area contributed by atoms with Crippen LogP contribution in [0.5, 0.6) is 0 Å². The molecule has 1 heterocycles. The average Bonchev–Trinajstić information content (AvgIpc) is 2.88. The molecule has 5 nitrogen and oxygen atoms in total. The summed E-state index contributed by atoms with van der Waals surface area (Å²) in [5, 5.41) is 3.87. The molecule has 0 saturated heterocycles. The first-order valence-corrected chi connectivity index (χ1v) is 6.59. The fourth-order valence-corrected chi connectivity index (χ4v) is 1.89. The molecular formula is C14H20ClFN4O. The zero-order valence-electron chi connectivity index (χ0n) is 12.1. The van der Waals surface area contributed by atoms with Crippen LogP contribution in [0.25, 0.3) is 0 Å². The summed E-state index contributed by atoms with van der Waals surface area (Å²) in [7, 11) is 0. The number of aromatic nitrogens is 2. The van der Waals surface area contributed by atoms with Crippen LogP contribution in [0, 0.1) is 5.82 Å². The number of rotatable bonds is 6. The third-order valence-electron chi connectivity index (χ3n) is 3.09. The molecule has 1 aromatic heterocycles. The van der Waals surface area contributed by atoms with E-state index < -0.39 is 0 Å². The van der Waals surface area contributed by atoms with E-state index in [2.05, 4.69) is 15.0 Å². The van der Waals surface area contributed by atoms with Crippen molar-refractivity contribution in [2.45, 2.75) is 39.5 Å². The molecule has 0 aliphatic carbocycles. The van der Waals surface area contributed by atoms with Crippen molar-refractivity contribution in [2.24, 2.45) is 5.73 Å². The zero-order valence-corrected chi connectivity index (χ0v) is 12.9. The Bertz CT molecular complexity index is 561. The van der Waals surface area contributed by atoms with Gasteiger partial charge in [0.1, 0.15) is 5.82 Å². The van der Waals surface area contributed by atoms with Crippen molar-refractivity contribution in [2.75, 3.05) is 0 Å². The number of halogens is 2. The lowest BCUT2D eigenvalue weighted by molar-refractivity contribution is 0.193. The fraction of sp³-hybridized carbons (Fsp3) is 0.429. The van der Waals surface area contributed by atoms with Gasteiger partial charge in [0.05, 0.1) is 13.1 Å². The minimum Gasteiger partial charge on any atom is -0.338 e. The second-order valence-electron chi connectivity index (χ2n) is 4.90. The molecule has 0 aliphatic rings. The van der Waals surface area contributed by atoms with E-state index in [0.717, 1.165) is 0 Å². The van der Waals surface area contributed by atoms with Crippen molar-refractivity contribution < 1.29 is 8.91 Å². The lowest BCUT2D eigenvalue weighted by atomic mass is 10.1. The third kappa shape index (κ3) is 4.77. The number of nitrogens with zero attached hydrogens (tertiary/aromatic N) is 3. The van der Waals surface area contributed by atoms with Crippen LogP contribution in [-0.2, 0) is 19.6 Å². The van der Waals surface area contributed by atoms with E-state index in [-0.39, 0.29) is 30.8 Å². The van der Waals surface area contributed by atoms with Gasteiger partial charge in [-0.3, -0.25) is 4.90 Å². The summed E-state index contributed by atoms with van der Waals surface area (Å²) in [5.74, 6) is 0.777. The van der Waals surface area contributed by atoms with Crippen LogP contribution in [0.3, 0.4) is 0 Å². The van der Waals surface area contributed by atoms with E-state index in [1.54, 1.807) is 12.1 Å². The van der Waals surface area contributed by atoms with Crippen LogP contribution in [0.1, 0.15) is 31.1 Å². The van der Waals surface area contributed by atoms with Crippen molar-refractivity contribution in [3.63, 3.8) is 0 Å². The Kier molecular flexibility index (Phi) is 6.74. The Morgan fingerprint density at radius 1 is 1.29 bits per heavy atom. The van der Waals surface area contributed by atoms with Gasteiger partial charge in [0.2, 0.25) is 5.89 Å². The Morgan fingerprint density at radius 2 is 2.00 bits per heavy atom. The molecule has 0 saturated carbocycles. The molecule has 7 heteroatoms. The molecule has 116 valence electrons. The summed E-state index contributed by atoms with van der Waals surface area (Å²) in [5.41, 5.74) is 6.09. The fourth-order valence-electron chi connectivity index (χ4n) is 1.89. The van der Waals surface area contributed by atoms with Gasteiger partial charge in [-0.1, -0.05) is 23.4 Å². The summed E-state index contributed by atoms with van der Waals surface area (Å²) >= 11 is 0. The smallest absolute Gasteiger partial charge is 0.240 e. The van der Waals surface area contributed by atoms with Gasteiger partial charge in [0, 0.05) is 18.2 Å². The van der Waals surface area contributed by atoms with E-state index in [9.17, 15) is 4.39 Å². The summed E-state index contributed by atoms with van der Waals surface area (Å²) < 4.78 is 18.7. The number of nitrogens with two attached hydrogens (primary N) is 1. The maximum absolute atomic E-state index is 13.7. The topological polar surface area (TPSA) is 68.2 Å². The minimum atomic E-state index is -0.200. The Morgan fingerprint density at radius 3 is 2.57 bits per heavy atom. The van der Waals surface area contributed by atoms with Crippen LogP contribution in [0.4, 0.5) is 4.39 Å². The van der Waals surface area contributed by atoms with Gasteiger partial charge in [-0.15, -0.1) is 12.4 Å². The van der Waals surface area contributed by atoms with E-state index in [4.69, 9.17) is 10.3 Å². The summed E-state index contributed by atoms with van der Waals surface area (Å²) in [6, 6.07) is 7.00. The second-order valence-corrected chi connectivity index (χ2v) is 4.90. The van der Waals surface area contributed by atoms with Gasteiger partial charge < -0.3 is 10.3 Å². The van der Waals surface area contributed by atoms with E-state index in [1.807, 2.05) is 19.9 Å². The summed E-state index contributed by atoms with van der Waals surface area (Å²) in [6.45, 7) is 5.31. The highest BCUT2D eigenvalue weighted by molar-refractivity contribution is 5.85. The van der Waals surface area contributed by atoms with E-state index in [1.165, 1.54) is 6.07 Å². The number of benzene rings is 1. The Labute approximate surface area is 129 Å². The van der Waals surface area contributed by atoms with Crippen molar-refractivity contribution in [1.82, 2.24) is 15.0 Å².